The first kappa shape index (κ1) is 77.8. The molecule has 0 aromatic heterocycles. The maximum atomic E-state index is 12.9. The van der Waals surface area contributed by atoms with Gasteiger partial charge < -0.3 is 14.2 Å². The first-order valence-electron chi connectivity index (χ1n) is 33.6. The van der Waals surface area contributed by atoms with Gasteiger partial charge in [0.25, 0.3) is 0 Å². The molecule has 6 nitrogen and oxygen atoms in total. The third kappa shape index (κ3) is 67.4. The molecule has 0 aliphatic heterocycles. The number of hydrogen-bond acceptors (Lipinski definition) is 6. The van der Waals surface area contributed by atoms with Crippen LogP contribution in [-0.2, 0) is 28.6 Å². The average molecular weight is 1140 g/mol. The van der Waals surface area contributed by atoms with Gasteiger partial charge >= 0.3 is 17.9 Å². The molecule has 0 saturated heterocycles. The van der Waals surface area contributed by atoms with E-state index in [-0.39, 0.29) is 31.1 Å². The lowest BCUT2D eigenvalue weighted by Crippen LogP contribution is -2.30. The minimum absolute atomic E-state index is 0.114. The minimum atomic E-state index is -0.819. The number of ether oxygens (including phenoxy) is 3. The summed E-state index contributed by atoms with van der Waals surface area (Å²) in [7, 11) is 0. The van der Waals surface area contributed by atoms with Crippen molar-refractivity contribution in [3.63, 3.8) is 0 Å². The predicted molar refractivity (Wildman–Crippen MR) is 361 cm³/mol. The maximum absolute atomic E-state index is 12.9. The van der Waals surface area contributed by atoms with Crippen LogP contribution in [0.3, 0.4) is 0 Å². The van der Waals surface area contributed by atoms with E-state index in [1.54, 1.807) is 0 Å². The Morgan fingerprint density at radius 3 is 0.759 bits per heavy atom. The molecular formula is C77H122O6. The van der Waals surface area contributed by atoms with Crippen molar-refractivity contribution in [1.29, 1.82) is 0 Å². The monoisotopic (exact) mass is 1140 g/mol. The predicted octanol–water partition coefficient (Wildman–Crippen LogP) is 23.4. The van der Waals surface area contributed by atoms with Crippen LogP contribution in [-0.4, -0.2) is 37.2 Å². The van der Waals surface area contributed by atoms with Crippen molar-refractivity contribution in [2.45, 2.75) is 284 Å². The second-order valence-electron chi connectivity index (χ2n) is 21.6. The molecule has 0 N–H and O–H groups in total. The van der Waals surface area contributed by atoms with Crippen molar-refractivity contribution in [1.82, 2.24) is 0 Å². The van der Waals surface area contributed by atoms with E-state index < -0.39 is 6.10 Å². The van der Waals surface area contributed by atoms with Gasteiger partial charge in [0.15, 0.2) is 6.10 Å². The van der Waals surface area contributed by atoms with E-state index in [1.165, 1.54) is 83.5 Å². The highest BCUT2D eigenvalue weighted by Crippen LogP contribution is 2.14. The first-order valence-corrected chi connectivity index (χ1v) is 33.6. The second kappa shape index (κ2) is 69.3. The number of carbonyl (C=O) groups excluding carboxylic acids is 3. The second-order valence-corrected chi connectivity index (χ2v) is 21.6. The topological polar surface area (TPSA) is 78.9 Å². The molecule has 1 unspecified atom stereocenters. The van der Waals surface area contributed by atoms with Crippen molar-refractivity contribution in [3.8, 4) is 0 Å². The number of rotatable bonds is 59. The van der Waals surface area contributed by atoms with Crippen molar-refractivity contribution in [2.24, 2.45) is 0 Å². The van der Waals surface area contributed by atoms with Crippen LogP contribution in [0.15, 0.2) is 170 Å². The Morgan fingerprint density at radius 1 is 0.253 bits per heavy atom. The maximum Gasteiger partial charge on any atom is 0.306 e. The van der Waals surface area contributed by atoms with Gasteiger partial charge in [0.05, 0.1) is 0 Å². The summed E-state index contributed by atoms with van der Waals surface area (Å²) in [5.74, 6) is -0.985. The van der Waals surface area contributed by atoms with E-state index in [4.69, 9.17) is 14.2 Å². The van der Waals surface area contributed by atoms with Gasteiger partial charge in [-0.3, -0.25) is 14.4 Å². The molecule has 0 radical (unpaired) electrons. The number of hydrogen-bond donors (Lipinski definition) is 0. The van der Waals surface area contributed by atoms with Gasteiger partial charge in [-0.05, 0) is 154 Å². The molecule has 0 aliphatic carbocycles. The highest BCUT2D eigenvalue weighted by Gasteiger charge is 2.19. The van der Waals surface area contributed by atoms with Gasteiger partial charge in [-0.15, -0.1) is 0 Å². The summed E-state index contributed by atoms with van der Waals surface area (Å²) in [5, 5.41) is 0. The Hall–Kier alpha value is -5.23. The third-order valence-electron chi connectivity index (χ3n) is 13.7. The van der Waals surface area contributed by atoms with Crippen LogP contribution in [0.1, 0.15) is 278 Å². The highest BCUT2D eigenvalue weighted by atomic mass is 16.6. The summed E-state index contributed by atoms with van der Waals surface area (Å²) in [6.07, 6.45) is 102. The van der Waals surface area contributed by atoms with Gasteiger partial charge in [0.2, 0.25) is 0 Å². The Morgan fingerprint density at radius 2 is 0.470 bits per heavy atom. The zero-order valence-electron chi connectivity index (χ0n) is 53.4. The molecule has 466 valence electrons. The third-order valence-corrected chi connectivity index (χ3v) is 13.7. The van der Waals surface area contributed by atoms with Crippen LogP contribution in [0, 0.1) is 0 Å². The standard InChI is InChI=1S/C77H122O6/c1-4-7-10-13-16-19-22-25-28-30-32-34-35-36-37-38-39-40-41-43-44-46-49-52-55-58-61-64-67-70-76(79)82-73-74(72-81-75(78)69-66-63-60-57-54-51-48-27-24-21-18-15-12-9-6-3)83-77(80)71-68-65-62-59-56-53-50-47-45-42-33-31-29-26-23-20-17-14-11-8-5-2/h7,9-10,12,16,18-19,21,23,25-28,31-34,36-37,39-40,43-44,48-49,52,54,57,74H,4-6,8,11,13-15,17,20,22,24,29-30,35,38,41-42,45-47,50-51,53,55-56,58-73H2,1-3H3/b10-7-,12-9-,19-16-,21-18-,26-23-,28-25-,33-31-,34-32-,37-36-,40-39-,44-43-,48-27-,52-49-,57-54-. The van der Waals surface area contributed by atoms with Crippen molar-refractivity contribution in [3.05, 3.63) is 170 Å². The van der Waals surface area contributed by atoms with E-state index in [0.717, 1.165) is 148 Å². The fourth-order valence-electron chi connectivity index (χ4n) is 8.71. The van der Waals surface area contributed by atoms with Crippen molar-refractivity contribution < 1.29 is 28.6 Å². The smallest absolute Gasteiger partial charge is 0.306 e. The van der Waals surface area contributed by atoms with Crippen LogP contribution in [0.2, 0.25) is 0 Å². The Balaban J connectivity index is 4.47. The fraction of sp³-hybridized carbons (Fsp3) is 0.597. The van der Waals surface area contributed by atoms with Crippen molar-refractivity contribution >= 4 is 17.9 Å². The fourth-order valence-corrected chi connectivity index (χ4v) is 8.71. The molecule has 0 aromatic carbocycles. The van der Waals surface area contributed by atoms with E-state index in [1.807, 2.05) is 0 Å². The molecule has 0 saturated carbocycles. The molecule has 6 heteroatoms. The van der Waals surface area contributed by atoms with E-state index >= 15 is 0 Å². The average Bonchev–Trinajstić information content (AvgIpc) is 3.49. The van der Waals surface area contributed by atoms with Gasteiger partial charge in [0.1, 0.15) is 13.2 Å². The Kier molecular flexibility index (Phi) is 64.9. The number of unbranched alkanes of at least 4 members (excludes halogenated alkanes) is 20. The zero-order chi connectivity index (χ0) is 59.9. The number of allylic oxidation sites excluding steroid dienone is 28. The van der Waals surface area contributed by atoms with Crippen LogP contribution in [0.5, 0.6) is 0 Å². The number of esters is 3. The Bertz CT molecular complexity index is 1890. The molecule has 0 fully saturated rings. The van der Waals surface area contributed by atoms with Crippen LogP contribution < -0.4 is 0 Å². The summed E-state index contributed by atoms with van der Waals surface area (Å²) >= 11 is 0. The van der Waals surface area contributed by atoms with Crippen LogP contribution in [0.25, 0.3) is 0 Å². The highest BCUT2D eigenvalue weighted by molar-refractivity contribution is 5.71. The van der Waals surface area contributed by atoms with Crippen LogP contribution >= 0.6 is 0 Å². The SMILES string of the molecule is CC/C=C\C/C=C\C/C=C\C/C=C\C/C=C\C/C=C\C/C=C\C/C=C\CCCCCCC(=O)OCC(COC(=O)CCCC/C=C\C/C=C\C/C=C\C/C=C\CC)OC(=O)CCCCCCCCCCC/C=C\C/C=C\CCCCCCC. The molecule has 0 spiro atoms. The largest absolute Gasteiger partial charge is 0.462 e. The van der Waals surface area contributed by atoms with E-state index in [2.05, 4.69) is 191 Å². The van der Waals surface area contributed by atoms with Crippen LogP contribution in [0.4, 0.5) is 0 Å². The normalized spacial score (nSPS) is 13.2. The van der Waals surface area contributed by atoms with Gasteiger partial charge in [-0.1, -0.05) is 274 Å². The van der Waals surface area contributed by atoms with Gasteiger partial charge in [-0.2, -0.15) is 0 Å². The molecular weight excluding hydrogens is 1020 g/mol. The minimum Gasteiger partial charge on any atom is -0.462 e. The Labute approximate surface area is 511 Å². The molecule has 0 amide bonds. The molecule has 0 aliphatic rings. The molecule has 0 heterocycles. The molecule has 1 atom stereocenters. The van der Waals surface area contributed by atoms with Gasteiger partial charge in [-0.25, -0.2) is 0 Å². The summed E-state index contributed by atoms with van der Waals surface area (Å²) in [6, 6.07) is 0. The molecule has 83 heavy (non-hydrogen) atoms. The van der Waals surface area contributed by atoms with Gasteiger partial charge in [0, 0.05) is 19.3 Å². The zero-order valence-corrected chi connectivity index (χ0v) is 53.4. The first-order chi connectivity index (χ1) is 41.0. The lowest BCUT2D eigenvalue weighted by atomic mass is 10.1. The summed E-state index contributed by atoms with van der Waals surface area (Å²) in [4.78, 5) is 38.4. The number of carbonyl (C=O) groups is 3. The van der Waals surface area contributed by atoms with E-state index in [9.17, 15) is 14.4 Å². The lowest BCUT2D eigenvalue weighted by Gasteiger charge is -2.18. The van der Waals surface area contributed by atoms with E-state index in [0.29, 0.717) is 25.7 Å². The lowest BCUT2D eigenvalue weighted by molar-refractivity contribution is -0.167. The molecule has 0 bridgehead atoms. The summed E-state index contributed by atoms with van der Waals surface area (Å²) < 4.78 is 16.9. The molecule has 0 rings (SSSR count). The summed E-state index contributed by atoms with van der Waals surface area (Å²) in [5.41, 5.74) is 0. The quantitative estimate of drug-likeness (QED) is 0.0261. The molecule has 0 aromatic rings. The summed E-state index contributed by atoms with van der Waals surface area (Å²) in [6.45, 7) is 6.34. The van der Waals surface area contributed by atoms with Crippen molar-refractivity contribution in [2.75, 3.05) is 13.2 Å².